The molecule has 2 aliphatic heterocycles. The number of fused-ring (bicyclic) bond motifs is 1. The second-order valence-electron chi connectivity index (χ2n) is 7.30. The Morgan fingerprint density at radius 3 is 2.88 bits per heavy atom. The minimum Gasteiger partial charge on any atom is -0.454 e. The Bertz CT molecular complexity index is 711. The van der Waals surface area contributed by atoms with Gasteiger partial charge in [-0.15, -0.1) is 0 Å². The Morgan fingerprint density at radius 2 is 2.08 bits per heavy atom. The number of nitrogens with zero attached hydrogens (tertiary/aromatic N) is 2. The summed E-state index contributed by atoms with van der Waals surface area (Å²) in [6.07, 6.45) is 6.93. The molecule has 140 valence electrons. The van der Waals surface area contributed by atoms with Crippen molar-refractivity contribution in [2.75, 3.05) is 26.6 Å². The van der Waals surface area contributed by atoms with Crippen molar-refractivity contribution in [3.8, 4) is 11.5 Å². The molecule has 0 spiro atoms. The number of hydrogen-bond donors (Lipinski definition) is 1. The first-order valence-electron chi connectivity index (χ1n) is 9.44. The first kappa shape index (κ1) is 17.4. The molecule has 1 fully saturated rings. The smallest absolute Gasteiger partial charge is 0.231 e. The van der Waals surface area contributed by atoms with Gasteiger partial charge in [0.25, 0.3) is 0 Å². The molecule has 1 aromatic heterocycles. The maximum atomic E-state index is 5.65. The molecule has 26 heavy (non-hydrogen) atoms. The predicted molar refractivity (Wildman–Crippen MR) is 98.6 cm³/mol. The Labute approximate surface area is 154 Å². The van der Waals surface area contributed by atoms with Gasteiger partial charge in [-0.1, -0.05) is 6.07 Å². The van der Waals surface area contributed by atoms with Gasteiger partial charge in [-0.2, -0.15) is 5.10 Å². The lowest BCUT2D eigenvalue weighted by atomic mass is 9.74. The standard InChI is InChI=1S/C20H27N3O3/c1-16(5-10-23-9-2-8-22-23)21-14-20(6-11-24-12-7-20)17-3-4-18-19(13-17)26-15-25-18/h2-4,8-9,13,16,21H,5-7,10-12,14-15H2,1H3. The van der Waals surface area contributed by atoms with Crippen LogP contribution in [0.5, 0.6) is 11.5 Å². The molecule has 0 aliphatic carbocycles. The highest BCUT2D eigenvalue weighted by atomic mass is 16.7. The van der Waals surface area contributed by atoms with E-state index in [-0.39, 0.29) is 5.41 Å². The molecular formula is C20H27N3O3. The van der Waals surface area contributed by atoms with Crippen LogP contribution < -0.4 is 14.8 Å². The monoisotopic (exact) mass is 357 g/mol. The Morgan fingerprint density at radius 1 is 1.23 bits per heavy atom. The van der Waals surface area contributed by atoms with Gasteiger partial charge in [0.2, 0.25) is 6.79 Å². The summed E-state index contributed by atoms with van der Waals surface area (Å²) in [4.78, 5) is 0. The summed E-state index contributed by atoms with van der Waals surface area (Å²) >= 11 is 0. The van der Waals surface area contributed by atoms with Crippen molar-refractivity contribution in [1.82, 2.24) is 15.1 Å². The molecule has 0 bridgehead atoms. The normalized spacial score (nSPS) is 19.4. The van der Waals surface area contributed by atoms with E-state index in [1.807, 2.05) is 29.2 Å². The van der Waals surface area contributed by atoms with E-state index in [0.717, 1.165) is 57.1 Å². The summed E-state index contributed by atoms with van der Waals surface area (Å²) < 4.78 is 18.7. The molecule has 1 saturated heterocycles. The molecule has 0 saturated carbocycles. The third-order valence-electron chi connectivity index (χ3n) is 5.57. The van der Waals surface area contributed by atoms with Crippen LogP contribution in [-0.2, 0) is 16.7 Å². The number of aromatic nitrogens is 2. The van der Waals surface area contributed by atoms with Crippen molar-refractivity contribution in [3.63, 3.8) is 0 Å². The van der Waals surface area contributed by atoms with Crippen molar-refractivity contribution >= 4 is 0 Å². The van der Waals surface area contributed by atoms with Crippen molar-refractivity contribution in [2.45, 2.75) is 44.2 Å². The second-order valence-corrected chi connectivity index (χ2v) is 7.30. The number of nitrogens with one attached hydrogen (secondary N) is 1. The molecule has 6 heteroatoms. The van der Waals surface area contributed by atoms with Crippen LogP contribution in [0, 0.1) is 0 Å². The summed E-state index contributed by atoms with van der Waals surface area (Å²) in [6.45, 7) is 6.04. The van der Waals surface area contributed by atoms with Crippen LogP contribution in [0.1, 0.15) is 31.7 Å². The van der Waals surface area contributed by atoms with Crippen molar-refractivity contribution in [1.29, 1.82) is 0 Å². The summed E-state index contributed by atoms with van der Waals surface area (Å²) in [6, 6.07) is 8.77. The van der Waals surface area contributed by atoms with Crippen LogP contribution in [0.3, 0.4) is 0 Å². The number of ether oxygens (including phenoxy) is 3. The molecule has 1 atom stereocenters. The lowest BCUT2D eigenvalue weighted by molar-refractivity contribution is 0.0488. The van der Waals surface area contributed by atoms with Crippen molar-refractivity contribution < 1.29 is 14.2 Å². The highest BCUT2D eigenvalue weighted by Gasteiger charge is 2.35. The molecule has 6 nitrogen and oxygen atoms in total. The van der Waals surface area contributed by atoms with E-state index in [1.165, 1.54) is 5.56 Å². The number of rotatable bonds is 7. The van der Waals surface area contributed by atoms with Gasteiger partial charge in [0, 0.05) is 50.2 Å². The van der Waals surface area contributed by atoms with E-state index in [0.29, 0.717) is 12.8 Å². The SMILES string of the molecule is CC(CCn1cccn1)NCC1(c2ccc3c(c2)OCO3)CCOCC1. The Balaban J connectivity index is 1.42. The third-order valence-corrected chi connectivity index (χ3v) is 5.57. The molecular weight excluding hydrogens is 330 g/mol. The molecule has 0 radical (unpaired) electrons. The van der Waals surface area contributed by atoms with E-state index < -0.39 is 0 Å². The lowest BCUT2D eigenvalue weighted by Crippen LogP contribution is -2.45. The van der Waals surface area contributed by atoms with E-state index in [1.54, 1.807) is 0 Å². The maximum absolute atomic E-state index is 5.65. The summed E-state index contributed by atoms with van der Waals surface area (Å²) in [5, 5.41) is 8.03. The van der Waals surface area contributed by atoms with Crippen LogP contribution in [0.2, 0.25) is 0 Å². The fourth-order valence-corrected chi connectivity index (χ4v) is 3.79. The first-order valence-corrected chi connectivity index (χ1v) is 9.44. The molecule has 3 heterocycles. The van der Waals surface area contributed by atoms with Gasteiger partial charge >= 0.3 is 0 Å². The molecule has 4 rings (SSSR count). The number of hydrogen-bond acceptors (Lipinski definition) is 5. The first-order chi connectivity index (χ1) is 12.8. The van der Waals surface area contributed by atoms with Crippen LogP contribution in [0.4, 0.5) is 0 Å². The van der Waals surface area contributed by atoms with Gasteiger partial charge in [-0.05, 0) is 49.9 Å². The van der Waals surface area contributed by atoms with Gasteiger partial charge < -0.3 is 19.5 Å². The quantitative estimate of drug-likeness (QED) is 0.826. The van der Waals surface area contributed by atoms with Crippen molar-refractivity contribution in [3.05, 3.63) is 42.2 Å². The molecule has 2 aliphatic rings. The van der Waals surface area contributed by atoms with Crippen LogP contribution in [0.25, 0.3) is 0 Å². The van der Waals surface area contributed by atoms with Crippen LogP contribution >= 0.6 is 0 Å². The Hall–Kier alpha value is -2.05. The van der Waals surface area contributed by atoms with E-state index in [9.17, 15) is 0 Å². The highest BCUT2D eigenvalue weighted by molar-refractivity contribution is 5.47. The summed E-state index contributed by atoms with van der Waals surface area (Å²) in [5.41, 5.74) is 1.40. The zero-order valence-electron chi connectivity index (χ0n) is 15.3. The highest BCUT2D eigenvalue weighted by Crippen LogP contribution is 2.40. The third kappa shape index (κ3) is 3.71. The zero-order chi connectivity index (χ0) is 17.8. The van der Waals surface area contributed by atoms with E-state index in [2.05, 4.69) is 29.5 Å². The molecule has 1 N–H and O–H groups in total. The molecule has 1 unspecified atom stereocenters. The van der Waals surface area contributed by atoms with Crippen LogP contribution in [0.15, 0.2) is 36.7 Å². The molecule has 1 aromatic carbocycles. The topological polar surface area (TPSA) is 57.5 Å². The van der Waals surface area contributed by atoms with E-state index in [4.69, 9.17) is 14.2 Å². The Kier molecular flexibility index (Phi) is 5.13. The predicted octanol–water partition coefficient (Wildman–Crippen LogP) is 2.73. The van der Waals surface area contributed by atoms with Gasteiger partial charge in [0.15, 0.2) is 11.5 Å². The minimum absolute atomic E-state index is 0.0825. The van der Waals surface area contributed by atoms with Gasteiger partial charge in [0.05, 0.1) is 0 Å². The number of aryl methyl sites for hydroxylation is 1. The average molecular weight is 357 g/mol. The lowest BCUT2D eigenvalue weighted by Gasteiger charge is -2.39. The second kappa shape index (κ2) is 7.68. The fraction of sp³-hybridized carbons (Fsp3) is 0.550. The number of benzene rings is 1. The van der Waals surface area contributed by atoms with Gasteiger partial charge in [-0.25, -0.2) is 0 Å². The molecule has 2 aromatic rings. The van der Waals surface area contributed by atoms with Crippen LogP contribution in [-0.4, -0.2) is 42.4 Å². The summed E-state index contributed by atoms with van der Waals surface area (Å²) in [7, 11) is 0. The maximum Gasteiger partial charge on any atom is 0.231 e. The zero-order valence-corrected chi connectivity index (χ0v) is 15.3. The van der Waals surface area contributed by atoms with Gasteiger partial charge in [-0.3, -0.25) is 4.68 Å². The van der Waals surface area contributed by atoms with Crippen molar-refractivity contribution in [2.24, 2.45) is 0 Å². The fourth-order valence-electron chi connectivity index (χ4n) is 3.79. The minimum atomic E-state index is 0.0825. The largest absolute Gasteiger partial charge is 0.454 e. The molecule has 0 amide bonds. The summed E-state index contributed by atoms with van der Waals surface area (Å²) in [5.74, 6) is 1.71. The average Bonchev–Trinajstić information content (AvgIpc) is 3.36. The van der Waals surface area contributed by atoms with Gasteiger partial charge in [0.1, 0.15) is 0 Å². The van der Waals surface area contributed by atoms with E-state index >= 15 is 0 Å².